The Bertz CT molecular complexity index is 397. The van der Waals surface area contributed by atoms with E-state index in [0.29, 0.717) is 6.61 Å². The fourth-order valence-electron chi connectivity index (χ4n) is 1.32. The maximum Gasteiger partial charge on any atom is 0.170 e. The van der Waals surface area contributed by atoms with E-state index >= 15 is 0 Å². The van der Waals surface area contributed by atoms with E-state index in [-0.39, 0.29) is 0 Å². The van der Waals surface area contributed by atoms with Gasteiger partial charge in [0.2, 0.25) is 0 Å². The van der Waals surface area contributed by atoms with E-state index in [0.717, 1.165) is 23.0 Å². The molecule has 2 rings (SSSR count). The molecule has 1 heterocycles. The first kappa shape index (κ1) is 8.22. The molecular weight excluding hydrogens is 168 g/mol. The largest absolute Gasteiger partial charge is 0.356 e. The zero-order valence-corrected chi connectivity index (χ0v) is 7.06. The van der Waals surface area contributed by atoms with Crippen molar-refractivity contribution in [1.29, 1.82) is 0 Å². The van der Waals surface area contributed by atoms with Gasteiger partial charge in [0.1, 0.15) is 0 Å². The molecule has 0 aliphatic carbocycles. The van der Waals surface area contributed by atoms with Crippen molar-refractivity contribution in [2.24, 2.45) is 5.90 Å². The quantitative estimate of drug-likeness (QED) is 0.719. The first-order valence-electron chi connectivity index (χ1n) is 4.06. The van der Waals surface area contributed by atoms with Crippen LogP contribution in [0.5, 0.6) is 0 Å². The van der Waals surface area contributed by atoms with Crippen molar-refractivity contribution in [1.82, 2.24) is 5.16 Å². The molecule has 0 saturated heterocycles. The summed E-state index contributed by atoms with van der Waals surface area (Å²) < 4.78 is 5.10. The van der Waals surface area contributed by atoms with E-state index in [2.05, 4.69) is 9.99 Å². The van der Waals surface area contributed by atoms with Gasteiger partial charge in [-0.1, -0.05) is 17.3 Å². The number of aromatic nitrogens is 1. The van der Waals surface area contributed by atoms with Crippen LogP contribution < -0.4 is 5.90 Å². The Morgan fingerprint density at radius 3 is 3.23 bits per heavy atom. The Morgan fingerprint density at radius 1 is 1.46 bits per heavy atom. The fraction of sp³-hybridized carbons (Fsp3) is 0.222. The van der Waals surface area contributed by atoms with Gasteiger partial charge in [-0.05, 0) is 6.07 Å². The van der Waals surface area contributed by atoms with E-state index in [9.17, 15) is 0 Å². The zero-order valence-electron chi connectivity index (χ0n) is 7.06. The standard InChI is InChI=1S/C9H10N2O2/c10-12-5-4-7-2-1-3-8-6-11-13-9(7)8/h1-3,6H,4-5,10H2. The number of benzene rings is 1. The monoisotopic (exact) mass is 178 g/mol. The Morgan fingerprint density at radius 2 is 2.38 bits per heavy atom. The molecule has 0 fully saturated rings. The highest BCUT2D eigenvalue weighted by Gasteiger charge is 2.03. The summed E-state index contributed by atoms with van der Waals surface area (Å²) in [5, 5.41) is 4.73. The van der Waals surface area contributed by atoms with Crippen LogP contribution in [0.1, 0.15) is 5.56 Å². The summed E-state index contributed by atoms with van der Waals surface area (Å²) in [6.07, 6.45) is 2.44. The lowest BCUT2D eigenvalue weighted by Crippen LogP contribution is -2.03. The average Bonchev–Trinajstić information content (AvgIpc) is 2.62. The Kier molecular flexibility index (Phi) is 2.25. The smallest absolute Gasteiger partial charge is 0.170 e. The third-order valence-corrected chi connectivity index (χ3v) is 1.95. The van der Waals surface area contributed by atoms with Crippen LogP contribution in [0.3, 0.4) is 0 Å². The summed E-state index contributed by atoms with van der Waals surface area (Å²) in [6.45, 7) is 0.486. The lowest BCUT2D eigenvalue weighted by atomic mass is 10.1. The van der Waals surface area contributed by atoms with Crippen LogP contribution in [0.4, 0.5) is 0 Å². The number of hydrogen-bond acceptors (Lipinski definition) is 4. The second-order valence-electron chi connectivity index (χ2n) is 2.78. The second-order valence-corrected chi connectivity index (χ2v) is 2.78. The van der Waals surface area contributed by atoms with E-state index in [4.69, 9.17) is 10.4 Å². The maximum atomic E-state index is 5.10. The molecule has 4 heteroatoms. The van der Waals surface area contributed by atoms with Crippen LogP contribution in [-0.4, -0.2) is 11.8 Å². The van der Waals surface area contributed by atoms with E-state index < -0.39 is 0 Å². The third kappa shape index (κ3) is 1.54. The Balaban J connectivity index is 2.37. The van der Waals surface area contributed by atoms with Crippen molar-refractivity contribution >= 4 is 11.0 Å². The molecule has 0 aliphatic heterocycles. The summed E-state index contributed by atoms with van der Waals surface area (Å²) in [4.78, 5) is 4.51. The van der Waals surface area contributed by atoms with Crippen LogP contribution in [0.2, 0.25) is 0 Å². The zero-order chi connectivity index (χ0) is 9.10. The van der Waals surface area contributed by atoms with Gasteiger partial charge in [0.15, 0.2) is 5.58 Å². The lowest BCUT2D eigenvalue weighted by molar-refractivity contribution is 0.141. The molecule has 0 unspecified atom stereocenters. The van der Waals surface area contributed by atoms with Crippen molar-refractivity contribution in [3.8, 4) is 0 Å². The highest BCUT2D eigenvalue weighted by atomic mass is 16.6. The minimum absolute atomic E-state index is 0.486. The summed E-state index contributed by atoms with van der Waals surface area (Å²) in [5.41, 5.74) is 1.89. The molecule has 1 aromatic carbocycles. The molecule has 0 amide bonds. The molecule has 0 radical (unpaired) electrons. The Labute approximate surface area is 75.2 Å². The van der Waals surface area contributed by atoms with Crippen molar-refractivity contribution in [2.45, 2.75) is 6.42 Å². The molecule has 0 saturated carbocycles. The second kappa shape index (κ2) is 3.55. The van der Waals surface area contributed by atoms with E-state index in [1.54, 1.807) is 6.20 Å². The first-order chi connectivity index (χ1) is 6.42. The van der Waals surface area contributed by atoms with Crippen molar-refractivity contribution in [3.05, 3.63) is 30.0 Å². The summed E-state index contributed by atoms with van der Waals surface area (Å²) >= 11 is 0. The number of nitrogens with zero attached hydrogens (tertiary/aromatic N) is 1. The van der Waals surface area contributed by atoms with Gasteiger partial charge in [-0.25, -0.2) is 5.90 Å². The SMILES string of the molecule is NOCCc1cccc2cnoc12. The summed E-state index contributed by atoms with van der Waals surface area (Å²) in [5.74, 6) is 4.95. The minimum atomic E-state index is 0.486. The van der Waals surface area contributed by atoms with E-state index in [1.165, 1.54) is 0 Å². The van der Waals surface area contributed by atoms with Gasteiger partial charge in [-0.15, -0.1) is 0 Å². The third-order valence-electron chi connectivity index (χ3n) is 1.95. The van der Waals surface area contributed by atoms with Gasteiger partial charge >= 0.3 is 0 Å². The van der Waals surface area contributed by atoms with Crippen LogP contribution in [-0.2, 0) is 11.3 Å². The summed E-state index contributed by atoms with van der Waals surface area (Å²) in [6, 6.07) is 5.90. The van der Waals surface area contributed by atoms with Crippen LogP contribution in [0.25, 0.3) is 11.0 Å². The lowest BCUT2D eigenvalue weighted by Gasteiger charge is -1.98. The predicted octanol–water partition coefficient (Wildman–Crippen LogP) is 1.26. The van der Waals surface area contributed by atoms with Gasteiger partial charge in [0, 0.05) is 17.4 Å². The molecule has 68 valence electrons. The topological polar surface area (TPSA) is 61.3 Å². The molecule has 13 heavy (non-hydrogen) atoms. The van der Waals surface area contributed by atoms with Crippen molar-refractivity contribution < 1.29 is 9.36 Å². The molecule has 0 bridgehead atoms. The van der Waals surface area contributed by atoms with Crippen molar-refractivity contribution in [2.75, 3.05) is 6.61 Å². The molecule has 0 aliphatic rings. The summed E-state index contributed by atoms with van der Waals surface area (Å²) in [7, 11) is 0. The van der Waals surface area contributed by atoms with Gasteiger partial charge < -0.3 is 9.36 Å². The minimum Gasteiger partial charge on any atom is -0.356 e. The highest BCUT2D eigenvalue weighted by molar-refractivity contribution is 5.79. The molecular formula is C9H10N2O2. The normalized spacial score (nSPS) is 10.8. The fourth-order valence-corrected chi connectivity index (χ4v) is 1.32. The van der Waals surface area contributed by atoms with Crippen LogP contribution >= 0.6 is 0 Å². The average molecular weight is 178 g/mol. The number of nitrogens with two attached hydrogens (primary N) is 1. The molecule has 0 atom stereocenters. The molecule has 4 nitrogen and oxygen atoms in total. The van der Waals surface area contributed by atoms with Gasteiger partial charge in [0.05, 0.1) is 12.8 Å². The maximum absolute atomic E-state index is 5.10. The first-order valence-corrected chi connectivity index (χ1v) is 4.06. The van der Waals surface area contributed by atoms with Gasteiger partial charge in [0.25, 0.3) is 0 Å². The van der Waals surface area contributed by atoms with Crippen molar-refractivity contribution in [3.63, 3.8) is 0 Å². The number of hydrogen-bond donors (Lipinski definition) is 1. The number of para-hydroxylation sites is 1. The molecule has 2 aromatic rings. The predicted molar refractivity (Wildman–Crippen MR) is 47.9 cm³/mol. The molecule has 1 aromatic heterocycles. The van der Waals surface area contributed by atoms with Crippen LogP contribution in [0, 0.1) is 0 Å². The molecule has 2 N–H and O–H groups in total. The number of fused-ring (bicyclic) bond motifs is 1. The van der Waals surface area contributed by atoms with Crippen LogP contribution in [0.15, 0.2) is 28.9 Å². The highest BCUT2D eigenvalue weighted by Crippen LogP contribution is 2.18. The molecule has 0 spiro atoms. The number of rotatable bonds is 3. The van der Waals surface area contributed by atoms with Gasteiger partial charge in [-0.2, -0.15) is 0 Å². The van der Waals surface area contributed by atoms with E-state index in [1.807, 2.05) is 18.2 Å². The van der Waals surface area contributed by atoms with Gasteiger partial charge in [-0.3, -0.25) is 0 Å². The Hall–Kier alpha value is -1.39.